The summed E-state index contributed by atoms with van der Waals surface area (Å²) < 4.78 is 34.6. The molecule has 1 aromatic rings. The van der Waals surface area contributed by atoms with Gasteiger partial charge in [-0.3, -0.25) is 0 Å². The summed E-state index contributed by atoms with van der Waals surface area (Å²) in [5.74, 6) is 0. The lowest BCUT2D eigenvalue weighted by Crippen LogP contribution is -2.47. The summed E-state index contributed by atoms with van der Waals surface area (Å²) in [5, 5.41) is 9.30. The molecule has 1 aliphatic carbocycles. The zero-order valence-electron chi connectivity index (χ0n) is 12.6. The van der Waals surface area contributed by atoms with Crippen molar-refractivity contribution in [2.24, 2.45) is 0 Å². The zero-order chi connectivity index (χ0) is 15.5. The van der Waals surface area contributed by atoms with Crippen molar-refractivity contribution in [3.63, 3.8) is 0 Å². The lowest BCUT2D eigenvalue weighted by Gasteiger charge is -2.34. The van der Waals surface area contributed by atoms with E-state index in [1.54, 1.807) is 10.8 Å². The Hall–Kier alpha value is -0.890. The molecule has 0 aromatic carbocycles. The van der Waals surface area contributed by atoms with E-state index in [1.807, 2.05) is 13.8 Å². The molecule has 6 nitrogen and oxygen atoms in total. The molecule has 0 saturated heterocycles. The van der Waals surface area contributed by atoms with E-state index in [2.05, 4.69) is 4.72 Å². The first-order chi connectivity index (χ1) is 10.00. The maximum Gasteiger partial charge on any atom is 0.242 e. The molecule has 0 atom stereocenters. The average Bonchev–Trinajstić information content (AvgIpc) is 2.81. The van der Waals surface area contributed by atoms with Crippen molar-refractivity contribution in [1.82, 2.24) is 9.29 Å². The lowest BCUT2D eigenvalue weighted by molar-refractivity contribution is -0.00475. The molecular weight excluding hydrogens is 292 g/mol. The lowest BCUT2D eigenvalue weighted by atomic mass is 9.90. The van der Waals surface area contributed by atoms with Crippen LogP contribution in [0.25, 0.3) is 0 Å². The van der Waals surface area contributed by atoms with Gasteiger partial charge in [-0.15, -0.1) is 0 Å². The smallest absolute Gasteiger partial charge is 0.242 e. The first kappa shape index (κ1) is 16.5. The molecule has 2 rings (SSSR count). The highest BCUT2D eigenvalue weighted by Gasteiger charge is 2.33. The van der Waals surface area contributed by atoms with Crippen LogP contribution in [0, 0.1) is 0 Å². The Morgan fingerprint density at radius 2 is 2.14 bits per heavy atom. The highest BCUT2D eigenvalue weighted by atomic mass is 32.2. The summed E-state index contributed by atoms with van der Waals surface area (Å²) in [6, 6.07) is 1.48. The summed E-state index contributed by atoms with van der Waals surface area (Å²) in [6.45, 7) is 5.14. The van der Waals surface area contributed by atoms with Crippen molar-refractivity contribution in [2.45, 2.75) is 63.3 Å². The van der Waals surface area contributed by atoms with Crippen LogP contribution in [-0.2, 0) is 27.9 Å². The van der Waals surface area contributed by atoms with Gasteiger partial charge in [0, 0.05) is 31.1 Å². The predicted molar refractivity (Wildman–Crippen MR) is 79.4 cm³/mol. The number of aliphatic hydroxyl groups excluding tert-OH is 1. The van der Waals surface area contributed by atoms with Crippen LogP contribution in [0.3, 0.4) is 0 Å². The van der Waals surface area contributed by atoms with Crippen LogP contribution >= 0.6 is 0 Å². The highest BCUT2D eigenvalue weighted by Crippen LogP contribution is 2.25. The van der Waals surface area contributed by atoms with Gasteiger partial charge in [-0.2, -0.15) is 0 Å². The molecule has 1 aromatic heterocycles. The van der Waals surface area contributed by atoms with Crippen molar-refractivity contribution in [1.29, 1.82) is 0 Å². The van der Waals surface area contributed by atoms with E-state index in [-0.39, 0.29) is 23.6 Å². The zero-order valence-corrected chi connectivity index (χ0v) is 13.4. The fourth-order valence-electron chi connectivity index (χ4n) is 2.57. The van der Waals surface area contributed by atoms with Crippen molar-refractivity contribution < 1.29 is 18.3 Å². The Bertz CT molecular complexity index is 562. The van der Waals surface area contributed by atoms with E-state index in [1.165, 1.54) is 6.07 Å². The summed E-state index contributed by atoms with van der Waals surface area (Å²) in [7, 11) is -3.53. The molecule has 7 heteroatoms. The van der Waals surface area contributed by atoms with Gasteiger partial charge < -0.3 is 14.4 Å². The Labute approximate surface area is 126 Å². The van der Waals surface area contributed by atoms with Gasteiger partial charge in [-0.25, -0.2) is 13.1 Å². The molecule has 0 aliphatic heterocycles. The minimum absolute atomic E-state index is 0.0568. The summed E-state index contributed by atoms with van der Waals surface area (Å²) in [5.41, 5.74) is 0.623. The molecule has 0 spiro atoms. The fraction of sp³-hybridized carbons (Fsp3) is 0.714. The number of aliphatic hydroxyl groups is 1. The van der Waals surface area contributed by atoms with Crippen LogP contribution in [0.2, 0.25) is 0 Å². The number of rotatable bonds is 8. The number of aryl methyl sites for hydroxylation is 1. The summed E-state index contributed by atoms with van der Waals surface area (Å²) in [4.78, 5) is 0.222. The average molecular weight is 316 g/mol. The molecule has 0 unspecified atom stereocenters. The van der Waals surface area contributed by atoms with Crippen molar-refractivity contribution >= 4 is 10.0 Å². The molecule has 2 N–H and O–H groups in total. The highest BCUT2D eigenvalue weighted by molar-refractivity contribution is 7.89. The second-order valence-corrected chi connectivity index (χ2v) is 7.10. The number of sulfonamides is 1. The topological polar surface area (TPSA) is 80.6 Å². The van der Waals surface area contributed by atoms with Crippen molar-refractivity contribution in [3.8, 4) is 0 Å². The van der Waals surface area contributed by atoms with Gasteiger partial charge >= 0.3 is 0 Å². The number of hydrogen-bond acceptors (Lipinski definition) is 4. The van der Waals surface area contributed by atoms with Crippen LogP contribution in [0.1, 0.15) is 38.8 Å². The second kappa shape index (κ2) is 6.91. The minimum atomic E-state index is -3.53. The van der Waals surface area contributed by atoms with Gasteiger partial charge in [-0.1, -0.05) is 6.92 Å². The van der Waals surface area contributed by atoms with Gasteiger partial charge in [0.15, 0.2) is 0 Å². The maximum atomic E-state index is 12.3. The first-order valence-corrected chi connectivity index (χ1v) is 8.92. The van der Waals surface area contributed by atoms with Gasteiger partial charge in [0.1, 0.15) is 0 Å². The largest absolute Gasteiger partial charge is 0.390 e. The van der Waals surface area contributed by atoms with E-state index in [4.69, 9.17) is 4.74 Å². The van der Waals surface area contributed by atoms with E-state index in [0.717, 1.165) is 19.3 Å². The number of hydrogen-bond donors (Lipinski definition) is 2. The SMILES string of the molecule is CCCn1cc(S(=O)(=O)NC2CC(OCC)C2)cc1CO. The number of aromatic nitrogens is 1. The Balaban J connectivity index is 2.03. The third kappa shape index (κ3) is 3.85. The van der Waals surface area contributed by atoms with Crippen molar-refractivity contribution in [3.05, 3.63) is 18.0 Å². The van der Waals surface area contributed by atoms with E-state index in [9.17, 15) is 13.5 Å². The Morgan fingerprint density at radius 1 is 1.43 bits per heavy atom. The molecule has 0 bridgehead atoms. The predicted octanol–water partition coefficient (Wildman–Crippen LogP) is 1.24. The molecule has 120 valence electrons. The number of ether oxygens (including phenoxy) is 1. The molecule has 1 heterocycles. The van der Waals surface area contributed by atoms with Crippen LogP contribution in [0.5, 0.6) is 0 Å². The minimum Gasteiger partial charge on any atom is -0.390 e. The molecule has 1 fully saturated rings. The molecule has 0 radical (unpaired) electrons. The van der Waals surface area contributed by atoms with E-state index >= 15 is 0 Å². The molecule has 0 amide bonds. The Kier molecular flexibility index (Phi) is 5.43. The summed E-state index contributed by atoms with van der Waals surface area (Å²) in [6.07, 6.45) is 4.08. The molecule has 1 aliphatic rings. The number of nitrogens with one attached hydrogen (secondary N) is 1. The van der Waals surface area contributed by atoms with Gasteiger partial charge in [0.2, 0.25) is 10.0 Å². The van der Waals surface area contributed by atoms with Gasteiger partial charge in [0.05, 0.1) is 17.6 Å². The van der Waals surface area contributed by atoms with Crippen LogP contribution in [0.4, 0.5) is 0 Å². The molecule has 21 heavy (non-hydrogen) atoms. The first-order valence-electron chi connectivity index (χ1n) is 7.44. The number of nitrogens with zero attached hydrogens (tertiary/aromatic N) is 1. The normalized spacial score (nSPS) is 22.2. The monoisotopic (exact) mass is 316 g/mol. The van der Waals surface area contributed by atoms with Gasteiger partial charge in [0.25, 0.3) is 0 Å². The van der Waals surface area contributed by atoms with Crippen LogP contribution in [0.15, 0.2) is 17.2 Å². The quantitative estimate of drug-likeness (QED) is 0.756. The van der Waals surface area contributed by atoms with E-state index < -0.39 is 10.0 Å². The third-order valence-electron chi connectivity index (χ3n) is 3.72. The molecule has 1 saturated carbocycles. The molecular formula is C14H24N2O4S. The summed E-state index contributed by atoms with van der Waals surface area (Å²) >= 11 is 0. The van der Waals surface area contributed by atoms with Crippen molar-refractivity contribution in [2.75, 3.05) is 6.61 Å². The fourth-order valence-corrected chi connectivity index (χ4v) is 3.90. The van der Waals surface area contributed by atoms with Crippen LogP contribution in [-0.4, -0.2) is 36.8 Å². The second-order valence-electron chi connectivity index (χ2n) is 5.39. The van der Waals surface area contributed by atoms with E-state index in [0.29, 0.717) is 18.8 Å². The maximum absolute atomic E-state index is 12.3. The Morgan fingerprint density at radius 3 is 2.71 bits per heavy atom. The standard InChI is InChI=1S/C14H24N2O4S/c1-3-5-16-9-14(8-12(16)10-17)21(18,19)15-11-6-13(7-11)20-4-2/h8-9,11,13,15,17H,3-7,10H2,1-2H3. The van der Waals surface area contributed by atoms with Crippen LogP contribution < -0.4 is 4.72 Å². The third-order valence-corrected chi connectivity index (χ3v) is 5.20. The van der Waals surface area contributed by atoms with Gasteiger partial charge in [-0.05, 0) is 32.3 Å².